The Balaban J connectivity index is 2.05. The van der Waals surface area contributed by atoms with Crippen LogP contribution in [-0.2, 0) is 0 Å². The van der Waals surface area contributed by atoms with E-state index in [0.29, 0.717) is 17.9 Å². The smallest absolute Gasteiger partial charge is 0.160 e. The zero-order chi connectivity index (χ0) is 11.8. The number of alkyl halides is 1. The Morgan fingerprint density at radius 2 is 2.41 bits per heavy atom. The molecular weight excluding hydrogens is 225 g/mol. The van der Waals surface area contributed by atoms with Crippen molar-refractivity contribution in [2.75, 3.05) is 18.1 Å². The van der Waals surface area contributed by atoms with Gasteiger partial charge in [-0.1, -0.05) is 0 Å². The van der Waals surface area contributed by atoms with E-state index in [0.717, 1.165) is 5.39 Å². The molecule has 0 radical (unpaired) electrons. The number of H-pyrrole nitrogens is 1. The molecule has 0 aromatic carbocycles. The van der Waals surface area contributed by atoms with Crippen LogP contribution in [0.4, 0.5) is 10.2 Å². The zero-order valence-electron chi connectivity index (χ0n) is 9.04. The molecule has 3 heterocycles. The molecule has 17 heavy (non-hydrogen) atoms. The van der Waals surface area contributed by atoms with Crippen molar-refractivity contribution < 1.29 is 9.50 Å². The van der Waals surface area contributed by atoms with Crippen LogP contribution in [0.5, 0.6) is 0 Å². The molecule has 2 aromatic heterocycles. The highest BCUT2D eigenvalue weighted by atomic mass is 19.1. The fourth-order valence-corrected chi connectivity index (χ4v) is 2.27. The van der Waals surface area contributed by atoms with Gasteiger partial charge in [-0.3, -0.25) is 5.10 Å². The summed E-state index contributed by atoms with van der Waals surface area (Å²) in [5, 5.41) is 16.6. The minimum Gasteiger partial charge on any atom is -0.394 e. The molecule has 0 bridgehead atoms. The summed E-state index contributed by atoms with van der Waals surface area (Å²) in [6.07, 6.45) is 2.43. The third-order valence-corrected chi connectivity index (χ3v) is 3.07. The van der Waals surface area contributed by atoms with Gasteiger partial charge in [0.2, 0.25) is 0 Å². The van der Waals surface area contributed by atoms with E-state index in [-0.39, 0.29) is 19.2 Å². The van der Waals surface area contributed by atoms with Crippen LogP contribution in [0.2, 0.25) is 0 Å². The lowest BCUT2D eigenvalue weighted by Gasteiger charge is -2.23. The molecule has 90 valence electrons. The molecule has 2 atom stereocenters. The van der Waals surface area contributed by atoms with Crippen LogP contribution in [0.1, 0.15) is 6.42 Å². The van der Waals surface area contributed by atoms with E-state index in [1.165, 1.54) is 6.33 Å². The summed E-state index contributed by atoms with van der Waals surface area (Å²) in [6, 6.07) is -0.224. The summed E-state index contributed by atoms with van der Waals surface area (Å²) in [5.74, 6) is 0.628. The maximum absolute atomic E-state index is 13.4. The minimum atomic E-state index is -0.927. The van der Waals surface area contributed by atoms with E-state index in [1.807, 2.05) is 0 Å². The van der Waals surface area contributed by atoms with Crippen molar-refractivity contribution in [1.82, 2.24) is 20.2 Å². The first kappa shape index (κ1) is 10.4. The normalized spacial score (nSPS) is 24.7. The lowest BCUT2D eigenvalue weighted by Crippen LogP contribution is -2.33. The molecule has 1 aliphatic heterocycles. The number of anilines is 1. The summed E-state index contributed by atoms with van der Waals surface area (Å²) in [5.41, 5.74) is 0.619. The first-order valence-corrected chi connectivity index (χ1v) is 5.45. The van der Waals surface area contributed by atoms with E-state index in [4.69, 9.17) is 0 Å². The Labute approximate surface area is 96.5 Å². The zero-order valence-corrected chi connectivity index (χ0v) is 9.04. The van der Waals surface area contributed by atoms with Crippen molar-refractivity contribution in [3.63, 3.8) is 0 Å². The number of hydrogen-bond donors (Lipinski definition) is 2. The summed E-state index contributed by atoms with van der Waals surface area (Å²) in [7, 11) is 0. The minimum absolute atomic E-state index is 0.0796. The number of aliphatic hydroxyl groups excluding tert-OH is 1. The Hall–Kier alpha value is -1.76. The largest absolute Gasteiger partial charge is 0.394 e. The Kier molecular flexibility index (Phi) is 2.40. The third-order valence-electron chi connectivity index (χ3n) is 3.07. The number of aromatic nitrogens is 4. The number of aliphatic hydroxyl groups is 1. The molecule has 1 fully saturated rings. The fourth-order valence-electron chi connectivity index (χ4n) is 2.27. The fraction of sp³-hybridized carbons (Fsp3) is 0.500. The molecule has 0 amide bonds. The SMILES string of the molecule is OCC1CC(F)CN1c1ncnc2[nH]ncc12. The lowest BCUT2D eigenvalue weighted by molar-refractivity contribution is 0.255. The number of rotatable bonds is 2. The van der Waals surface area contributed by atoms with Crippen LogP contribution in [0.3, 0.4) is 0 Å². The highest BCUT2D eigenvalue weighted by molar-refractivity contribution is 5.86. The summed E-state index contributed by atoms with van der Waals surface area (Å²) in [4.78, 5) is 9.98. The van der Waals surface area contributed by atoms with Gasteiger partial charge >= 0.3 is 0 Å². The van der Waals surface area contributed by atoms with Crippen molar-refractivity contribution in [3.8, 4) is 0 Å². The van der Waals surface area contributed by atoms with E-state index in [2.05, 4.69) is 20.2 Å². The highest BCUT2D eigenvalue weighted by Crippen LogP contribution is 2.29. The number of nitrogens with zero attached hydrogens (tertiary/aromatic N) is 4. The molecule has 6 nitrogen and oxygen atoms in total. The van der Waals surface area contributed by atoms with Crippen molar-refractivity contribution in [2.24, 2.45) is 0 Å². The molecule has 1 aliphatic rings. The van der Waals surface area contributed by atoms with E-state index in [1.54, 1.807) is 11.1 Å². The monoisotopic (exact) mass is 237 g/mol. The van der Waals surface area contributed by atoms with Crippen LogP contribution in [0, 0.1) is 0 Å². The Bertz CT molecular complexity index is 530. The molecule has 2 unspecified atom stereocenters. The van der Waals surface area contributed by atoms with Gasteiger partial charge in [-0.05, 0) is 0 Å². The van der Waals surface area contributed by atoms with Crippen LogP contribution >= 0.6 is 0 Å². The number of hydrogen-bond acceptors (Lipinski definition) is 5. The molecule has 7 heteroatoms. The van der Waals surface area contributed by atoms with Gasteiger partial charge in [0.1, 0.15) is 18.3 Å². The van der Waals surface area contributed by atoms with Gasteiger partial charge in [0, 0.05) is 6.42 Å². The van der Waals surface area contributed by atoms with Crippen molar-refractivity contribution >= 4 is 16.9 Å². The quantitative estimate of drug-likeness (QED) is 0.783. The molecule has 2 aromatic rings. The molecule has 0 spiro atoms. The van der Waals surface area contributed by atoms with Gasteiger partial charge in [-0.25, -0.2) is 14.4 Å². The van der Waals surface area contributed by atoms with Gasteiger partial charge in [0.15, 0.2) is 5.65 Å². The standard InChI is InChI=1S/C10H12FN5O/c11-6-1-7(4-17)16(3-6)10-8-2-14-15-9(8)12-5-13-10/h2,5-7,17H,1,3-4H2,(H,12,13,14,15). The first-order valence-electron chi connectivity index (χ1n) is 5.45. The van der Waals surface area contributed by atoms with Crippen LogP contribution in [0.25, 0.3) is 11.0 Å². The average molecular weight is 237 g/mol. The number of halogens is 1. The predicted octanol–water partition coefficient (Wildman–Crippen LogP) is 0.262. The van der Waals surface area contributed by atoms with Crippen LogP contribution in [0.15, 0.2) is 12.5 Å². The van der Waals surface area contributed by atoms with Gasteiger partial charge < -0.3 is 10.0 Å². The molecule has 1 saturated heterocycles. The van der Waals surface area contributed by atoms with E-state index < -0.39 is 6.17 Å². The molecule has 2 N–H and O–H groups in total. The topological polar surface area (TPSA) is 77.9 Å². The summed E-state index contributed by atoms with van der Waals surface area (Å²) >= 11 is 0. The van der Waals surface area contributed by atoms with Crippen molar-refractivity contribution in [2.45, 2.75) is 18.6 Å². The second-order valence-electron chi connectivity index (χ2n) is 4.15. The number of nitrogens with one attached hydrogen (secondary N) is 1. The molecular formula is C10H12FN5O. The third kappa shape index (κ3) is 1.62. The first-order chi connectivity index (χ1) is 8.29. The van der Waals surface area contributed by atoms with Gasteiger partial charge in [0.25, 0.3) is 0 Å². The van der Waals surface area contributed by atoms with Gasteiger partial charge in [-0.15, -0.1) is 0 Å². The maximum Gasteiger partial charge on any atom is 0.160 e. The van der Waals surface area contributed by atoms with E-state index in [9.17, 15) is 9.50 Å². The number of aromatic amines is 1. The second-order valence-corrected chi connectivity index (χ2v) is 4.15. The van der Waals surface area contributed by atoms with Crippen LogP contribution < -0.4 is 4.90 Å². The highest BCUT2D eigenvalue weighted by Gasteiger charge is 2.33. The van der Waals surface area contributed by atoms with Crippen LogP contribution in [-0.4, -0.2) is 50.6 Å². The Morgan fingerprint density at radius 1 is 1.53 bits per heavy atom. The summed E-state index contributed by atoms with van der Waals surface area (Å²) < 4.78 is 13.4. The average Bonchev–Trinajstić information content (AvgIpc) is 2.93. The molecule has 3 rings (SSSR count). The predicted molar refractivity (Wildman–Crippen MR) is 59.4 cm³/mol. The van der Waals surface area contributed by atoms with E-state index >= 15 is 0 Å². The van der Waals surface area contributed by atoms with Gasteiger partial charge in [-0.2, -0.15) is 5.10 Å². The summed E-state index contributed by atoms with van der Waals surface area (Å²) in [6.45, 7) is 0.173. The molecule has 0 aliphatic carbocycles. The second kappa shape index (κ2) is 3.92. The van der Waals surface area contributed by atoms with Crippen molar-refractivity contribution in [3.05, 3.63) is 12.5 Å². The maximum atomic E-state index is 13.4. The molecule has 0 saturated carbocycles. The number of fused-ring (bicyclic) bond motifs is 1. The van der Waals surface area contributed by atoms with Gasteiger partial charge in [0.05, 0.1) is 30.8 Å². The Morgan fingerprint density at radius 3 is 3.24 bits per heavy atom. The van der Waals surface area contributed by atoms with Crippen molar-refractivity contribution in [1.29, 1.82) is 0 Å². The lowest BCUT2D eigenvalue weighted by atomic mass is 10.2.